The number of piperidine rings is 1. The monoisotopic (exact) mass is 488 g/mol. The fourth-order valence-electron chi connectivity index (χ4n) is 7.89. The molecule has 1 spiro atoms. The highest BCUT2D eigenvalue weighted by atomic mass is 16.5. The Kier molecular flexibility index (Phi) is 6.87. The molecular formula is C31H42N3O2+. The summed E-state index contributed by atoms with van der Waals surface area (Å²) in [6.45, 7) is 5.91. The lowest BCUT2D eigenvalue weighted by molar-refractivity contribution is -0.405. The quantitative estimate of drug-likeness (QED) is 0.690. The second-order valence-corrected chi connectivity index (χ2v) is 11.8. The Morgan fingerprint density at radius 1 is 1.08 bits per heavy atom. The van der Waals surface area contributed by atoms with E-state index in [0.29, 0.717) is 37.0 Å². The number of amides is 1. The zero-order chi connectivity index (χ0) is 24.5. The number of aromatic amines is 1. The maximum atomic E-state index is 14.6. The number of likely N-dealkylation sites (tertiary alicyclic amines) is 1. The van der Waals surface area contributed by atoms with Crippen molar-refractivity contribution in [1.29, 1.82) is 0 Å². The maximum absolute atomic E-state index is 14.6. The number of benzene rings is 1. The molecule has 1 aromatic carbocycles. The number of carbonyl (C=O) groups excluding carboxylic acids is 1. The van der Waals surface area contributed by atoms with Crippen molar-refractivity contribution in [1.82, 2.24) is 10.2 Å². The van der Waals surface area contributed by atoms with Crippen molar-refractivity contribution in [2.24, 2.45) is 11.8 Å². The summed E-state index contributed by atoms with van der Waals surface area (Å²) in [4.78, 5) is 20.5. The molecule has 2 N–H and O–H groups in total. The average molecular weight is 489 g/mol. The molecule has 2 aromatic rings. The summed E-state index contributed by atoms with van der Waals surface area (Å²) >= 11 is 0. The highest BCUT2D eigenvalue weighted by Crippen LogP contribution is 2.45. The molecule has 192 valence electrons. The Morgan fingerprint density at radius 2 is 1.92 bits per heavy atom. The molecule has 4 aliphatic rings. The first-order valence-corrected chi connectivity index (χ1v) is 14.3. The lowest BCUT2D eigenvalue weighted by Crippen LogP contribution is -2.55. The van der Waals surface area contributed by atoms with Crippen molar-refractivity contribution in [2.75, 3.05) is 26.2 Å². The third kappa shape index (κ3) is 4.39. The number of hydrogen-bond donors (Lipinski definition) is 1. The molecule has 0 radical (unpaired) electrons. The predicted molar refractivity (Wildman–Crippen MR) is 141 cm³/mol. The van der Waals surface area contributed by atoms with Gasteiger partial charge in [-0.05, 0) is 55.6 Å². The van der Waals surface area contributed by atoms with E-state index in [-0.39, 0.29) is 11.3 Å². The van der Waals surface area contributed by atoms with E-state index in [2.05, 4.69) is 64.6 Å². The summed E-state index contributed by atoms with van der Waals surface area (Å²) in [5.41, 5.74) is 4.84. The Hall–Kier alpha value is -2.24. The van der Waals surface area contributed by atoms with Crippen LogP contribution in [-0.4, -0.2) is 43.1 Å². The summed E-state index contributed by atoms with van der Waals surface area (Å²) in [6, 6.07) is 15.8. The average Bonchev–Trinajstić information content (AvgIpc) is 3.27. The van der Waals surface area contributed by atoms with Gasteiger partial charge in [-0.15, -0.1) is 0 Å². The van der Waals surface area contributed by atoms with Gasteiger partial charge in [0.1, 0.15) is 6.61 Å². The number of hydrogen-bond acceptors (Lipinski definition) is 3. The van der Waals surface area contributed by atoms with Gasteiger partial charge in [0.15, 0.2) is 5.69 Å². The smallest absolute Gasteiger partial charge is 0.228 e. The number of carbonyl (C=O) groups is 1. The van der Waals surface area contributed by atoms with Crippen molar-refractivity contribution in [2.45, 2.75) is 82.3 Å². The minimum Gasteiger partial charge on any atom is -0.370 e. The summed E-state index contributed by atoms with van der Waals surface area (Å²) in [5, 5.41) is 3.65. The number of aryl methyl sites for hydroxylation is 1. The Labute approximate surface area is 216 Å². The first kappa shape index (κ1) is 24.1. The van der Waals surface area contributed by atoms with E-state index in [0.717, 1.165) is 50.3 Å². The van der Waals surface area contributed by atoms with Gasteiger partial charge in [-0.3, -0.25) is 4.79 Å². The third-order valence-electron chi connectivity index (χ3n) is 9.80. The van der Waals surface area contributed by atoms with Gasteiger partial charge in [-0.1, -0.05) is 49.6 Å². The summed E-state index contributed by atoms with van der Waals surface area (Å²) < 4.78 is 6.03. The molecule has 6 rings (SSSR count). The van der Waals surface area contributed by atoms with Crippen molar-refractivity contribution in [3.63, 3.8) is 0 Å². The fourth-order valence-corrected chi connectivity index (χ4v) is 7.89. The van der Waals surface area contributed by atoms with Crippen molar-refractivity contribution >= 4 is 5.91 Å². The van der Waals surface area contributed by atoms with Crippen LogP contribution in [0.25, 0.3) is 0 Å². The number of ether oxygens (including phenoxy) is 1. The minimum absolute atomic E-state index is 0.0339. The molecule has 0 bridgehead atoms. The van der Waals surface area contributed by atoms with Gasteiger partial charge in [0.25, 0.3) is 0 Å². The Morgan fingerprint density at radius 3 is 2.75 bits per heavy atom. The number of pyridine rings is 1. The highest BCUT2D eigenvalue weighted by molar-refractivity contribution is 5.82. The van der Waals surface area contributed by atoms with Gasteiger partial charge in [0.05, 0.1) is 5.92 Å². The minimum atomic E-state index is -0.194. The number of nitrogens with one attached hydrogen (secondary N) is 2. The number of H-pyrrole nitrogens is 1. The predicted octanol–water partition coefficient (Wildman–Crippen LogP) is 4.54. The van der Waals surface area contributed by atoms with Crippen molar-refractivity contribution < 1.29 is 14.5 Å². The number of rotatable bonds is 3. The van der Waals surface area contributed by atoms with Crippen LogP contribution < -0.4 is 10.3 Å². The maximum Gasteiger partial charge on any atom is 0.228 e. The Bertz CT molecular complexity index is 1070. The lowest BCUT2D eigenvalue weighted by atomic mass is 9.68. The molecule has 3 fully saturated rings. The van der Waals surface area contributed by atoms with E-state index in [1.165, 1.54) is 43.2 Å². The molecule has 2 saturated heterocycles. The third-order valence-corrected chi connectivity index (χ3v) is 9.80. The number of nitrogens with zero attached hydrogens (tertiary/aromatic N) is 1. The molecule has 5 nitrogen and oxygen atoms in total. The largest absolute Gasteiger partial charge is 0.370 e. The van der Waals surface area contributed by atoms with E-state index >= 15 is 0 Å². The molecule has 36 heavy (non-hydrogen) atoms. The molecule has 4 atom stereocenters. The number of aromatic nitrogens is 1. The molecule has 1 saturated carbocycles. The van der Waals surface area contributed by atoms with E-state index in [1.807, 2.05) is 0 Å². The van der Waals surface area contributed by atoms with Crippen LogP contribution in [0.15, 0.2) is 42.5 Å². The van der Waals surface area contributed by atoms with E-state index in [9.17, 15) is 4.79 Å². The van der Waals surface area contributed by atoms with Crippen LogP contribution >= 0.6 is 0 Å². The highest BCUT2D eigenvalue weighted by Gasteiger charge is 2.53. The normalized spacial score (nSPS) is 31.2. The standard InChI is InChI=1S/C31H41N3O2/c1-22-12-13-26-28(33-22)20-36-17-15-31(26)21-32-19-27(31)30(35)34-16-14-25(23-8-4-2-5-9-23)18-29(34)24-10-6-3-7-11-24/h2,4-5,8-9,12-13,24-25,27,29,32H,3,6-7,10-11,14-21H2,1H3/p+1/t25-,27?,29+,31+/m1/s1. The van der Waals surface area contributed by atoms with E-state index < -0.39 is 0 Å². The molecule has 3 aliphatic heterocycles. The topological polar surface area (TPSA) is 55.7 Å². The first-order chi connectivity index (χ1) is 17.7. The van der Waals surface area contributed by atoms with Gasteiger partial charge >= 0.3 is 0 Å². The van der Waals surface area contributed by atoms with Crippen LogP contribution in [-0.2, 0) is 21.6 Å². The van der Waals surface area contributed by atoms with Crippen molar-refractivity contribution in [3.8, 4) is 0 Å². The fraction of sp³-hybridized carbons (Fsp3) is 0.613. The zero-order valence-corrected chi connectivity index (χ0v) is 21.8. The molecule has 1 amide bonds. The van der Waals surface area contributed by atoms with Gasteiger partial charge in [0.2, 0.25) is 11.6 Å². The SMILES string of the molecule is Cc1ccc2c([nH+]1)COCC[C@]21CNCC1C(=O)N1CC[C@@H](c2ccccc2)C[C@H]1C1CCCCC1. The van der Waals surface area contributed by atoms with Crippen LogP contribution in [0, 0.1) is 18.8 Å². The number of fused-ring (bicyclic) bond motifs is 2. The lowest BCUT2D eigenvalue weighted by Gasteiger charge is -2.47. The Balaban J connectivity index is 1.31. The van der Waals surface area contributed by atoms with Gasteiger partial charge in [0, 0.05) is 56.3 Å². The second kappa shape index (κ2) is 10.3. The van der Waals surface area contributed by atoms with Crippen LogP contribution in [0.3, 0.4) is 0 Å². The van der Waals surface area contributed by atoms with Crippen molar-refractivity contribution in [3.05, 3.63) is 65.0 Å². The molecule has 1 aliphatic carbocycles. The van der Waals surface area contributed by atoms with Crippen LogP contribution in [0.2, 0.25) is 0 Å². The molecule has 1 aromatic heterocycles. The van der Waals surface area contributed by atoms with Crippen LogP contribution in [0.4, 0.5) is 0 Å². The van der Waals surface area contributed by atoms with E-state index in [1.54, 1.807) is 0 Å². The van der Waals surface area contributed by atoms with E-state index in [4.69, 9.17) is 4.74 Å². The first-order valence-electron chi connectivity index (χ1n) is 14.3. The summed E-state index contributed by atoms with van der Waals surface area (Å²) in [7, 11) is 0. The molecule has 1 unspecified atom stereocenters. The van der Waals surface area contributed by atoms with Gasteiger partial charge in [-0.25, -0.2) is 4.98 Å². The molecule has 4 heterocycles. The summed E-state index contributed by atoms with van der Waals surface area (Å²) in [6.07, 6.45) is 9.60. The van der Waals surface area contributed by atoms with Crippen LogP contribution in [0.5, 0.6) is 0 Å². The molecule has 5 heteroatoms. The second-order valence-electron chi connectivity index (χ2n) is 11.8. The van der Waals surface area contributed by atoms with Gasteiger partial charge in [-0.2, -0.15) is 0 Å². The van der Waals surface area contributed by atoms with Crippen LogP contribution in [0.1, 0.15) is 79.8 Å². The molecular weight excluding hydrogens is 446 g/mol. The summed E-state index contributed by atoms with van der Waals surface area (Å²) in [5.74, 6) is 1.55. The zero-order valence-electron chi connectivity index (χ0n) is 21.8. The van der Waals surface area contributed by atoms with Gasteiger partial charge < -0.3 is 15.0 Å².